The van der Waals surface area contributed by atoms with Gasteiger partial charge in [0.25, 0.3) is 5.91 Å². The van der Waals surface area contributed by atoms with E-state index in [9.17, 15) is 9.59 Å². The van der Waals surface area contributed by atoms with E-state index in [0.29, 0.717) is 17.8 Å². The van der Waals surface area contributed by atoms with Gasteiger partial charge in [-0.15, -0.1) is 0 Å². The average molecular weight is 430 g/mol. The molecule has 0 saturated heterocycles. The van der Waals surface area contributed by atoms with Gasteiger partial charge in [-0.05, 0) is 25.0 Å². The molecule has 1 atom stereocenters. The number of nitrogens with one attached hydrogen (secondary N) is 1. The summed E-state index contributed by atoms with van der Waals surface area (Å²) in [6.07, 6.45) is 16.0. The molecule has 31 heavy (non-hydrogen) atoms. The van der Waals surface area contributed by atoms with Gasteiger partial charge in [0.2, 0.25) is 0 Å². The predicted molar refractivity (Wildman–Crippen MR) is 127 cm³/mol. The second kappa shape index (κ2) is 14.6. The van der Waals surface area contributed by atoms with E-state index in [1.807, 2.05) is 18.2 Å². The van der Waals surface area contributed by atoms with Crippen LogP contribution in [-0.2, 0) is 4.79 Å². The Morgan fingerprint density at radius 2 is 1.42 bits per heavy atom. The molecule has 0 saturated carbocycles. The Labute approximate surface area is 187 Å². The van der Waals surface area contributed by atoms with Gasteiger partial charge in [-0.3, -0.25) is 4.79 Å². The number of hydrogen-bond acceptors (Lipinski definition) is 3. The zero-order valence-corrected chi connectivity index (χ0v) is 19.0. The lowest BCUT2D eigenvalue weighted by Gasteiger charge is -2.14. The largest absolute Gasteiger partial charge is 0.465 e. The standard InChI is InChI=1S/C25H39N3O3/c1-2-3-4-5-6-7-8-9-10-11-12-13-17-20-22-23(26-25(30)31)24(29)28(27-22)21-18-15-14-16-19-21/h14-16,18-19,23,26H,2-13,17,20H2,1H3,(H,30,31). The maximum absolute atomic E-state index is 12.7. The second-order valence-electron chi connectivity index (χ2n) is 8.45. The smallest absolute Gasteiger partial charge is 0.405 e. The second-order valence-corrected chi connectivity index (χ2v) is 8.45. The number of hydrazone groups is 1. The summed E-state index contributed by atoms with van der Waals surface area (Å²) < 4.78 is 0. The first kappa shape index (κ1) is 24.9. The molecule has 0 radical (unpaired) electrons. The van der Waals surface area contributed by atoms with Crippen molar-refractivity contribution in [1.82, 2.24) is 5.32 Å². The summed E-state index contributed by atoms with van der Waals surface area (Å²) in [6.45, 7) is 2.26. The molecule has 1 aliphatic rings. The summed E-state index contributed by atoms with van der Waals surface area (Å²) >= 11 is 0. The van der Waals surface area contributed by atoms with E-state index in [-0.39, 0.29) is 5.91 Å². The van der Waals surface area contributed by atoms with Gasteiger partial charge in [-0.1, -0.05) is 102 Å². The highest BCUT2D eigenvalue weighted by molar-refractivity contribution is 6.19. The molecule has 0 aliphatic carbocycles. The van der Waals surface area contributed by atoms with Gasteiger partial charge in [0.05, 0.1) is 11.4 Å². The zero-order chi connectivity index (χ0) is 22.3. The van der Waals surface area contributed by atoms with Crippen LogP contribution in [0.4, 0.5) is 10.5 Å². The summed E-state index contributed by atoms with van der Waals surface area (Å²) in [4.78, 5) is 23.8. The molecule has 1 aromatic rings. The maximum atomic E-state index is 12.7. The number of para-hydroxylation sites is 1. The van der Waals surface area contributed by atoms with E-state index in [4.69, 9.17) is 5.11 Å². The Kier molecular flexibility index (Phi) is 11.7. The number of hydrogen-bond donors (Lipinski definition) is 2. The Balaban J connectivity index is 1.64. The number of nitrogens with zero attached hydrogens (tertiary/aromatic N) is 2. The van der Waals surface area contributed by atoms with Crippen molar-refractivity contribution >= 4 is 23.4 Å². The fraction of sp³-hybridized carbons (Fsp3) is 0.640. The molecule has 0 bridgehead atoms. The lowest BCUT2D eigenvalue weighted by Crippen LogP contribution is -2.45. The molecule has 2 N–H and O–H groups in total. The Morgan fingerprint density at radius 3 is 1.94 bits per heavy atom. The molecule has 0 spiro atoms. The molecule has 0 fully saturated rings. The molecule has 0 aromatic heterocycles. The Morgan fingerprint density at radius 1 is 0.903 bits per heavy atom. The molecule has 172 valence electrons. The van der Waals surface area contributed by atoms with Crippen LogP contribution in [0.3, 0.4) is 0 Å². The SMILES string of the molecule is CCCCCCCCCCCCCCCC1=NN(c2ccccc2)C(=O)C1NC(=O)O. The number of benzene rings is 1. The highest BCUT2D eigenvalue weighted by Crippen LogP contribution is 2.22. The minimum atomic E-state index is -1.20. The van der Waals surface area contributed by atoms with Gasteiger partial charge in [0.15, 0.2) is 6.04 Å². The molecular formula is C25H39N3O3. The molecule has 1 heterocycles. The van der Waals surface area contributed by atoms with E-state index in [0.717, 1.165) is 12.8 Å². The van der Waals surface area contributed by atoms with E-state index in [1.54, 1.807) is 12.1 Å². The molecule has 2 amide bonds. The first-order valence-corrected chi connectivity index (χ1v) is 12.1. The third-order valence-electron chi connectivity index (χ3n) is 5.82. The molecule has 1 aromatic carbocycles. The number of unbranched alkanes of at least 4 members (excludes halogenated alkanes) is 12. The van der Waals surface area contributed by atoms with Crippen molar-refractivity contribution in [2.75, 3.05) is 5.01 Å². The van der Waals surface area contributed by atoms with Crippen molar-refractivity contribution in [2.24, 2.45) is 5.10 Å². The highest BCUT2D eigenvalue weighted by Gasteiger charge is 2.37. The summed E-state index contributed by atoms with van der Waals surface area (Å²) in [6, 6.07) is 8.26. The number of amides is 2. The van der Waals surface area contributed by atoms with Crippen molar-refractivity contribution in [2.45, 2.75) is 103 Å². The van der Waals surface area contributed by atoms with E-state index >= 15 is 0 Å². The molecular weight excluding hydrogens is 390 g/mol. The number of anilines is 1. The summed E-state index contributed by atoms with van der Waals surface area (Å²) in [7, 11) is 0. The maximum Gasteiger partial charge on any atom is 0.405 e. The number of carbonyl (C=O) groups is 2. The van der Waals surface area contributed by atoms with Gasteiger partial charge >= 0.3 is 6.09 Å². The lowest BCUT2D eigenvalue weighted by atomic mass is 10.0. The van der Waals surface area contributed by atoms with Gasteiger partial charge in [0, 0.05) is 0 Å². The van der Waals surface area contributed by atoms with E-state index in [1.165, 1.54) is 75.6 Å². The van der Waals surface area contributed by atoms with E-state index < -0.39 is 12.1 Å². The first-order valence-electron chi connectivity index (χ1n) is 12.1. The number of carboxylic acid groups (broad SMARTS) is 1. The van der Waals surface area contributed by atoms with Crippen molar-refractivity contribution < 1.29 is 14.7 Å². The number of rotatable bonds is 16. The predicted octanol–water partition coefficient (Wildman–Crippen LogP) is 6.51. The zero-order valence-electron chi connectivity index (χ0n) is 19.0. The van der Waals surface area contributed by atoms with Crippen LogP contribution in [0.1, 0.15) is 96.8 Å². The monoisotopic (exact) mass is 429 g/mol. The summed E-state index contributed by atoms with van der Waals surface area (Å²) in [5, 5.41) is 17.2. The number of carbonyl (C=O) groups excluding carboxylic acids is 1. The quantitative estimate of drug-likeness (QED) is 0.294. The van der Waals surface area contributed by atoms with Crippen molar-refractivity contribution in [3.63, 3.8) is 0 Å². The van der Waals surface area contributed by atoms with Crippen LogP contribution in [-0.4, -0.2) is 28.9 Å². The summed E-state index contributed by atoms with van der Waals surface area (Å²) in [5.74, 6) is -0.335. The average Bonchev–Trinajstić information content (AvgIpc) is 3.07. The van der Waals surface area contributed by atoms with Crippen molar-refractivity contribution in [3.8, 4) is 0 Å². The van der Waals surface area contributed by atoms with Crippen molar-refractivity contribution in [1.29, 1.82) is 0 Å². The first-order chi connectivity index (χ1) is 15.1. The van der Waals surface area contributed by atoms with Crippen LogP contribution < -0.4 is 10.3 Å². The van der Waals surface area contributed by atoms with Gasteiger partial charge in [-0.2, -0.15) is 10.1 Å². The third-order valence-corrected chi connectivity index (χ3v) is 5.82. The molecule has 6 heteroatoms. The fourth-order valence-corrected chi connectivity index (χ4v) is 4.04. The lowest BCUT2D eigenvalue weighted by molar-refractivity contribution is -0.118. The van der Waals surface area contributed by atoms with Gasteiger partial charge in [0.1, 0.15) is 0 Å². The van der Waals surface area contributed by atoms with Gasteiger partial charge in [-0.25, -0.2) is 4.79 Å². The van der Waals surface area contributed by atoms with Crippen LogP contribution in [0.15, 0.2) is 35.4 Å². The summed E-state index contributed by atoms with van der Waals surface area (Å²) in [5.41, 5.74) is 1.27. The van der Waals surface area contributed by atoms with Crippen molar-refractivity contribution in [3.05, 3.63) is 30.3 Å². The van der Waals surface area contributed by atoms with Crippen LogP contribution in [0.5, 0.6) is 0 Å². The van der Waals surface area contributed by atoms with Crippen LogP contribution in [0.2, 0.25) is 0 Å². The van der Waals surface area contributed by atoms with Crippen LogP contribution in [0.25, 0.3) is 0 Å². The molecule has 1 aliphatic heterocycles. The minimum Gasteiger partial charge on any atom is -0.465 e. The topological polar surface area (TPSA) is 82.0 Å². The van der Waals surface area contributed by atoms with E-state index in [2.05, 4.69) is 17.3 Å². The normalized spacial score (nSPS) is 15.9. The molecule has 6 nitrogen and oxygen atoms in total. The highest BCUT2D eigenvalue weighted by atomic mass is 16.4. The minimum absolute atomic E-state index is 0.335. The molecule has 1 unspecified atom stereocenters. The Hall–Kier alpha value is -2.37. The fourth-order valence-electron chi connectivity index (χ4n) is 4.04. The molecule has 2 rings (SSSR count). The van der Waals surface area contributed by atoms with Crippen LogP contribution in [0, 0.1) is 0 Å². The van der Waals surface area contributed by atoms with Crippen LogP contribution >= 0.6 is 0 Å². The third kappa shape index (κ3) is 9.11. The Bertz CT molecular complexity index is 691. The van der Waals surface area contributed by atoms with Gasteiger partial charge < -0.3 is 10.4 Å².